The lowest BCUT2D eigenvalue weighted by atomic mass is 10.5. The molecule has 2 heterocycles. The zero-order valence-corrected chi connectivity index (χ0v) is 7.34. The summed E-state index contributed by atoms with van der Waals surface area (Å²) in [5, 5.41) is 3.38. The number of hydrogen-bond acceptors (Lipinski definition) is 2. The van der Waals surface area contributed by atoms with Crippen molar-refractivity contribution < 1.29 is 13.2 Å². The van der Waals surface area contributed by atoms with E-state index in [0.717, 1.165) is 4.52 Å². The Kier molecular flexibility index (Phi) is 1.88. The van der Waals surface area contributed by atoms with Crippen LogP contribution in [0.15, 0.2) is 18.3 Å². The Balaban J connectivity index is 2.69. The monoisotopic (exact) mass is 221 g/mol. The molecule has 14 heavy (non-hydrogen) atoms. The van der Waals surface area contributed by atoms with Gasteiger partial charge >= 0.3 is 6.18 Å². The normalized spacial score (nSPS) is 12.3. The van der Waals surface area contributed by atoms with Gasteiger partial charge in [0.05, 0.1) is 5.02 Å². The van der Waals surface area contributed by atoms with Gasteiger partial charge in [-0.1, -0.05) is 11.6 Å². The zero-order chi connectivity index (χ0) is 10.3. The molecular formula is C7H3ClF3N3. The molecule has 0 atom stereocenters. The number of hydrogen-bond donors (Lipinski definition) is 0. The molecule has 2 aromatic heterocycles. The number of fused-ring (bicyclic) bond motifs is 1. The lowest BCUT2D eigenvalue weighted by Gasteiger charge is -1.96. The van der Waals surface area contributed by atoms with Crippen molar-refractivity contribution in [2.75, 3.05) is 0 Å². The summed E-state index contributed by atoms with van der Waals surface area (Å²) in [5.74, 6) is -1.19. The maximum absolute atomic E-state index is 12.2. The molecule has 0 aliphatic rings. The minimum absolute atomic E-state index is 0.00138. The summed E-state index contributed by atoms with van der Waals surface area (Å²) in [5.41, 5.74) is 0.00138. The van der Waals surface area contributed by atoms with Crippen molar-refractivity contribution >= 4 is 17.2 Å². The Morgan fingerprint density at radius 2 is 2.07 bits per heavy atom. The van der Waals surface area contributed by atoms with Gasteiger partial charge < -0.3 is 0 Å². The second kappa shape index (κ2) is 2.84. The smallest absolute Gasteiger partial charge is 0.219 e. The van der Waals surface area contributed by atoms with Crippen molar-refractivity contribution in [1.82, 2.24) is 14.6 Å². The Hall–Kier alpha value is -1.30. The van der Waals surface area contributed by atoms with Gasteiger partial charge in [0.25, 0.3) is 5.82 Å². The molecule has 7 heteroatoms. The van der Waals surface area contributed by atoms with Crippen molar-refractivity contribution in [3.05, 3.63) is 29.2 Å². The number of rotatable bonds is 0. The van der Waals surface area contributed by atoms with Crippen LogP contribution in [0.5, 0.6) is 0 Å². The first-order valence-electron chi connectivity index (χ1n) is 3.56. The van der Waals surface area contributed by atoms with Crippen LogP contribution in [-0.4, -0.2) is 14.6 Å². The summed E-state index contributed by atoms with van der Waals surface area (Å²) in [6.07, 6.45) is -3.20. The first-order valence-corrected chi connectivity index (χ1v) is 3.94. The fraction of sp³-hybridized carbons (Fsp3) is 0.143. The lowest BCUT2D eigenvalue weighted by molar-refractivity contribution is -0.144. The number of aromatic nitrogens is 3. The van der Waals surface area contributed by atoms with Gasteiger partial charge in [-0.05, 0) is 12.1 Å². The number of alkyl halides is 3. The van der Waals surface area contributed by atoms with E-state index in [1.165, 1.54) is 18.3 Å². The summed E-state index contributed by atoms with van der Waals surface area (Å²) in [6, 6.07) is 2.94. The minimum atomic E-state index is -4.55. The predicted octanol–water partition coefficient (Wildman–Crippen LogP) is 2.40. The van der Waals surface area contributed by atoms with E-state index in [1.807, 2.05) is 0 Å². The molecule has 0 radical (unpaired) electrons. The summed E-state index contributed by atoms with van der Waals surface area (Å²) < 4.78 is 37.5. The van der Waals surface area contributed by atoms with Gasteiger partial charge in [-0.3, -0.25) is 0 Å². The Labute approximate surface area is 81.1 Å². The van der Waals surface area contributed by atoms with E-state index in [4.69, 9.17) is 11.6 Å². The molecule has 0 aliphatic carbocycles. The van der Waals surface area contributed by atoms with Crippen LogP contribution in [0.25, 0.3) is 5.65 Å². The summed E-state index contributed by atoms with van der Waals surface area (Å²) in [4.78, 5) is 3.28. The zero-order valence-electron chi connectivity index (χ0n) is 6.59. The van der Waals surface area contributed by atoms with Crippen LogP contribution < -0.4 is 0 Å². The average molecular weight is 222 g/mol. The van der Waals surface area contributed by atoms with Crippen LogP contribution >= 0.6 is 11.6 Å². The van der Waals surface area contributed by atoms with E-state index >= 15 is 0 Å². The fourth-order valence-corrected chi connectivity index (χ4v) is 1.20. The van der Waals surface area contributed by atoms with Crippen LogP contribution in [0.3, 0.4) is 0 Å². The van der Waals surface area contributed by atoms with E-state index < -0.39 is 12.0 Å². The molecule has 0 saturated heterocycles. The van der Waals surface area contributed by atoms with Crippen LogP contribution in [0.2, 0.25) is 5.02 Å². The molecule has 0 amide bonds. The fourth-order valence-electron chi connectivity index (χ4n) is 0.994. The van der Waals surface area contributed by atoms with E-state index in [0.29, 0.717) is 0 Å². The van der Waals surface area contributed by atoms with Gasteiger partial charge in [-0.2, -0.15) is 13.2 Å². The topological polar surface area (TPSA) is 30.2 Å². The average Bonchev–Trinajstić information content (AvgIpc) is 2.48. The molecule has 74 valence electrons. The number of halogens is 4. The first-order chi connectivity index (χ1) is 6.48. The third-order valence-corrected chi connectivity index (χ3v) is 1.86. The molecule has 0 aliphatic heterocycles. The van der Waals surface area contributed by atoms with Gasteiger partial charge in [0, 0.05) is 6.20 Å². The van der Waals surface area contributed by atoms with Crippen LogP contribution in [0.4, 0.5) is 13.2 Å². The van der Waals surface area contributed by atoms with Crippen LogP contribution in [-0.2, 0) is 6.18 Å². The van der Waals surface area contributed by atoms with E-state index in [2.05, 4.69) is 10.1 Å². The molecular weight excluding hydrogens is 219 g/mol. The third-order valence-electron chi connectivity index (χ3n) is 1.57. The largest absolute Gasteiger partial charge is 0.453 e. The Bertz CT molecular complexity index is 476. The quantitative estimate of drug-likeness (QED) is 0.684. The second-order valence-corrected chi connectivity index (χ2v) is 2.96. The highest BCUT2D eigenvalue weighted by Crippen LogP contribution is 2.27. The standard InChI is InChI=1S/C7H3ClF3N3/c8-4-2-1-3-14-5(4)12-6(13-14)7(9,10)11/h1-3H. The highest BCUT2D eigenvalue weighted by Gasteiger charge is 2.36. The van der Waals surface area contributed by atoms with Crippen molar-refractivity contribution in [2.45, 2.75) is 6.18 Å². The molecule has 0 unspecified atom stereocenters. The highest BCUT2D eigenvalue weighted by atomic mass is 35.5. The molecule has 0 spiro atoms. The number of nitrogens with zero attached hydrogens (tertiary/aromatic N) is 3. The van der Waals surface area contributed by atoms with E-state index in [9.17, 15) is 13.2 Å². The van der Waals surface area contributed by atoms with Crippen LogP contribution in [0, 0.1) is 0 Å². The van der Waals surface area contributed by atoms with Gasteiger partial charge in [-0.15, -0.1) is 5.10 Å². The van der Waals surface area contributed by atoms with Gasteiger partial charge in [0.1, 0.15) is 0 Å². The molecule has 0 fully saturated rings. The molecule has 0 saturated carbocycles. The maximum atomic E-state index is 12.2. The van der Waals surface area contributed by atoms with Gasteiger partial charge in [0.2, 0.25) is 0 Å². The minimum Gasteiger partial charge on any atom is -0.219 e. The summed E-state index contributed by atoms with van der Waals surface area (Å²) in [6.45, 7) is 0. The second-order valence-electron chi connectivity index (χ2n) is 2.56. The third kappa shape index (κ3) is 1.41. The SMILES string of the molecule is FC(F)(F)c1nc2c(Cl)cccn2n1. The lowest BCUT2D eigenvalue weighted by Crippen LogP contribution is -2.07. The van der Waals surface area contributed by atoms with Crippen molar-refractivity contribution in [3.8, 4) is 0 Å². The molecule has 2 rings (SSSR count). The molecule has 0 aromatic carbocycles. The van der Waals surface area contributed by atoms with Crippen LogP contribution in [0.1, 0.15) is 5.82 Å². The van der Waals surface area contributed by atoms with E-state index in [-0.39, 0.29) is 10.7 Å². The maximum Gasteiger partial charge on any atom is 0.453 e. The summed E-state index contributed by atoms with van der Waals surface area (Å²) >= 11 is 5.63. The molecule has 2 aromatic rings. The van der Waals surface area contributed by atoms with E-state index in [1.54, 1.807) is 0 Å². The van der Waals surface area contributed by atoms with Crippen molar-refractivity contribution in [2.24, 2.45) is 0 Å². The molecule has 0 bridgehead atoms. The van der Waals surface area contributed by atoms with Gasteiger partial charge in [-0.25, -0.2) is 9.50 Å². The molecule has 0 N–H and O–H groups in total. The van der Waals surface area contributed by atoms with Crippen molar-refractivity contribution in [3.63, 3.8) is 0 Å². The molecule has 3 nitrogen and oxygen atoms in total. The van der Waals surface area contributed by atoms with Gasteiger partial charge in [0.15, 0.2) is 5.65 Å². The Morgan fingerprint density at radius 1 is 1.36 bits per heavy atom. The Morgan fingerprint density at radius 3 is 2.64 bits per heavy atom. The number of pyridine rings is 1. The highest BCUT2D eigenvalue weighted by molar-refractivity contribution is 6.33. The summed E-state index contributed by atoms with van der Waals surface area (Å²) in [7, 11) is 0. The predicted molar refractivity (Wildman–Crippen MR) is 43.0 cm³/mol. The first kappa shape index (κ1) is 9.26. The van der Waals surface area contributed by atoms with Crippen molar-refractivity contribution in [1.29, 1.82) is 0 Å².